The van der Waals surface area contributed by atoms with E-state index < -0.39 is 0 Å². The van der Waals surface area contributed by atoms with Gasteiger partial charge in [-0.1, -0.05) is 0 Å². The van der Waals surface area contributed by atoms with Crippen LogP contribution in [0.1, 0.15) is 29.2 Å². The Morgan fingerprint density at radius 2 is 2.26 bits per heavy atom. The van der Waals surface area contributed by atoms with E-state index in [0.29, 0.717) is 0 Å². The molecule has 1 unspecified atom stereocenters. The van der Waals surface area contributed by atoms with Crippen molar-refractivity contribution in [1.82, 2.24) is 15.3 Å². The molecular weight excluding hydrogens is 274 g/mol. The Hall–Kier alpha value is -1.30. The molecule has 19 heavy (non-hydrogen) atoms. The highest BCUT2D eigenvalue weighted by molar-refractivity contribution is 7.17. The van der Waals surface area contributed by atoms with Crippen LogP contribution < -0.4 is 5.32 Å². The zero-order chi connectivity index (χ0) is 13.2. The molecular formula is C14H15N3S2. The third-order valence-corrected chi connectivity index (χ3v) is 4.76. The first-order chi connectivity index (χ1) is 9.22. The molecule has 3 heterocycles. The minimum absolute atomic E-state index is 0.279. The molecule has 0 aliphatic rings. The summed E-state index contributed by atoms with van der Waals surface area (Å²) in [6.45, 7) is 5.00. The van der Waals surface area contributed by atoms with Crippen molar-refractivity contribution in [3.05, 3.63) is 45.4 Å². The Balaban J connectivity index is 1.70. The summed E-state index contributed by atoms with van der Waals surface area (Å²) in [5, 5.41) is 8.80. The molecule has 0 fully saturated rings. The highest BCUT2D eigenvalue weighted by Gasteiger charge is 2.08. The predicted octanol–water partition coefficient (Wildman–Crippen LogP) is 3.91. The van der Waals surface area contributed by atoms with Gasteiger partial charge in [0, 0.05) is 24.2 Å². The van der Waals surface area contributed by atoms with Crippen molar-refractivity contribution in [2.75, 3.05) is 0 Å². The van der Waals surface area contributed by atoms with E-state index in [1.165, 1.54) is 10.3 Å². The molecule has 5 heteroatoms. The second-order valence-electron chi connectivity index (χ2n) is 4.53. The number of hydrogen-bond acceptors (Lipinski definition) is 5. The van der Waals surface area contributed by atoms with Gasteiger partial charge in [-0.05, 0) is 36.9 Å². The molecule has 3 rings (SSSR count). The quantitative estimate of drug-likeness (QED) is 0.791. The van der Waals surface area contributed by atoms with Crippen LogP contribution in [-0.2, 0) is 6.54 Å². The average molecular weight is 289 g/mol. The molecule has 0 aliphatic carbocycles. The van der Waals surface area contributed by atoms with Gasteiger partial charge < -0.3 is 5.32 Å². The summed E-state index contributed by atoms with van der Waals surface area (Å²) in [4.78, 5) is 8.94. The van der Waals surface area contributed by atoms with Gasteiger partial charge in [-0.15, -0.1) is 22.7 Å². The number of thiophene rings is 1. The summed E-state index contributed by atoms with van der Waals surface area (Å²) in [7, 11) is 0. The van der Waals surface area contributed by atoms with Crippen LogP contribution >= 0.6 is 22.7 Å². The molecule has 1 atom stereocenters. The Kier molecular flexibility index (Phi) is 3.59. The number of fused-ring (bicyclic) bond motifs is 1. The first-order valence-electron chi connectivity index (χ1n) is 6.20. The number of thiazole rings is 1. The van der Waals surface area contributed by atoms with Crippen LogP contribution in [0.5, 0.6) is 0 Å². The Morgan fingerprint density at radius 3 is 3.05 bits per heavy atom. The number of pyridine rings is 1. The van der Waals surface area contributed by atoms with Crippen LogP contribution in [0.25, 0.3) is 10.2 Å². The maximum atomic E-state index is 4.48. The van der Waals surface area contributed by atoms with Gasteiger partial charge in [0.2, 0.25) is 0 Å². The van der Waals surface area contributed by atoms with E-state index in [1.807, 2.05) is 13.1 Å². The van der Waals surface area contributed by atoms with Gasteiger partial charge in [0.05, 0.1) is 20.9 Å². The second kappa shape index (κ2) is 5.36. The topological polar surface area (TPSA) is 37.8 Å². The van der Waals surface area contributed by atoms with E-state index in [9.17, 15) is 0 Å². The van der Waals surface area contributed by atoms with Gasteiger partial charge in [-0.3, -0.25) is 4.98 Å². The molecule has 0 saturated heterocycles. The van der Waals surface area contributed by atoms with Crippen LogP contribution in [0.4, 0.5) is 0 Å². The van der Waals surface area contributed by atoms with Gasteiger partial charge in [0.15, 0.2) is 0 Å². The lowest BCUT2D eigenvalue weighted by Crippen LogP contribution is -2.18. The van der Waals surface area contributed by atoms with Gasteiger partial charge >= 0.3 is 0 Å². The van der Waals surface area contributed by atoms with Crippen molar-refractivity contribution in [2.24, 2.45) is 0 Å². The van der Waals surface area contributed by atoms with E-state index >= 15 is 0 Å². The normalized spacial score (nSPS) is 12.9. The SMILES string of the molecule is Cc1nc(CNC(C)c2cnc3ccsc3c2)cs1. The van der Waals surface area contributed by atoms with Crippen molar-refractivity contribution in [2.45, 2.75) is 26.4 Å². The predicted molar refractivity (Wildman–Crippen MR) is 81.7 cm³/mol. The fourth-order valence-corrected chi connectivity index (χ4v) is 3.37. The summed E-state index contributed by atoms with van der Waals surface area (Å²) >= 11 is 3.43. The van der Waals surface area contributed by atoms with E-state index in [-0.39, 0.29) is 6.04 Å². The zero-order valence-corrected chi connectivity index (χ0v) is 12.5. The molecule has 0 aliphatic heterocycles. The summed E-state index contributed by atoms with van der Waals surface area (Å²) in [5.41, 5.74) is 3.41. The summed E-state index contributed by atoms with van der Waals surface area (Å²) in [6.07, 6.45) is 1.96. The highest BCUT2D eigenvalue weighted by atomic mass is 32.1. The van der Waals surface area contributed by atoms with Crippen molar-refractivity contribution in [1.29, 1.82) is 0 Å². The Morgan fingerprint density at radius 1 is 1.37 bits per heavy atom. The van der Waals surface area contributed by atoms with Crippen LogP contribution in [0.15, 0.2) is 29.1 Å². The maximum Gasteiger partial charge on any atom is 0.0897 e. The number of nitrogens with one attached hydrogen (secondary N) is 1. The lowest BCUT2D eigenvalue weighted by molar-refractivity contribution is 0.568. The van der Waals surface area contributed by atoms with Crippen LogP contribution in [0.3, 0.4) is 0 Å². The third-order valence-electron chi connectivity index (χ3n) is 3.08. The van der Waals surface area contributed by atoms with Crippen molar-refractivity contribution in [3.8, 4) is 0 Å². The number of aromatic nitrogens is 2. The molecule has 0 saturated carbocycles. The van der Waals surface area contributed by atoms with Gasteiger partial charge in [-0.2, -0.15) is 0 Å². The van der Waals surface area contributed by atoms with Crippen molar-refractivity contribution in [3.63, 3.8) is 0 Å². The fraction of sp³-hybridized carbons (Fsp3) is 0.286. The Bertz CT molecular complexity index is 687. The Labute approximate surface area is 120 Å². The molecule has 0 amide bonds. The zero-order valence-electron chi connectivity index (χ0n) is 10.9. The van der Waals surface area contributed by atoms with Crippen molar-refractivity contribution < 1.29 is 0 Å². The summed E-state index contributed by atoms with van der Waals surface area (Å²) in [5.74, 6) is 0. The monoisotopic (exact) mass is 289 g/mol. The highest BCUT2D eigenvalue weighted by Crippen LogP contribution is 2.22. The average Bonchev–Trinajstić information content (AvgIpc) is 3.03. The second-order valence-corrected chi connectivity index (χ2v) is 6.54. The lowest BCUT2D eigenvalue weighted by Gasteiger charge is -2.13. The number of aryl methyl sites for hydroxylation is 1. The molecule has 3 aromatic heterocycles. The number of rotatable bonds is 4. The lowest BCUT2D eigenvalue weighted by atomic mass is 10.1. The standard InChI is InChI=1S/C14H15N3S2/c1-9(15-7-12-8-19-10(2)17-12)11-5-14-13(16-6-11)3-4-18-14/h3-6,8-9,15H,7H2,1-2H3. The first-order valence-corrected chi connectivity index (χ1v) is 7.96. The minimum atomic E-state index is 0.279. The third kappa shape index (κ3) is 2.83. The van der Waals surface area contributed by atoms with Crippen molar-refractivity contribution >= 4 is 32.9 Å². The molecule has 0 bridgehead atoms. The van der Waals surface area contributed by atoms with Gasteiger partial charge in [0.1, 0.15) is 0 Å². The maximum absolute atomic E-state index is 4.48. The van der Waals surface area contributed by atoms with Crippen LogP contribution in [0, 0.1) is 6.92 Å². The molecule has 0 spiro atoms. The molecule has 0 aromatic carbocycles. The largest absolute Gasteiger partial charge is 0.304 e. The van der Waals surface area contributed by atoms with Crippen LogP contribution in [0.2, 0.25) is 0 Å². The van der Waals surface area contributed by atoms with E-state index in [1.54, 1.807) is 22.7 Å². The molecule has 98 valence electrons. The number of nitrogens with zero attached hydrogens (tertiary/aromatic N) is 2. The van der Waals surface area contributed by atoms with Crippen LogP contribution in [-0.4, -0.2) is 9.97 Å². The molecule has 0 radical (unpaired) electrons. The smallest absolute Gasteiger partial charge is 0.0897 e. The first kappa shape index (κ1) is 12.7. The molecule has 3 nitrogen and oxygen atoms in total. The van der Waals surface area contributed by atoms with E-state index in [2.05, 4.69) is 45.1 Å². The van der Waals surface area contributed by atoms with E-state index in [0.717, 1.165) is 22.8 Å². The fourth-order valence-electron chi connectivity index (χ4n) is 1.96. The minimum Gasteiger partial charge on any atom is -0.304 e. The molecule has 1 N–H and O–H groups in total. The summed E-state index contributed by atoms with van der Waals surface area (Å²) in [6, 6.07) is 4.55. The van der Waals surface area contributed by atoms with Gasteiger partial charge in [0.25, 0.3) is 0 Å². The molecule has 3 aromatic rings. The van der Waals surface area contributed by atoms with E-state index in [4.69, 9.17) is 0 Å². The van der Waals surface area contributed by atoms with Gasteiger partial charge in [-0.25, -0.2) is 4.98 Å². The summed E-state index contributed by atoms with van der Waals surface area (Å²) < 4.78 is 1.25. The number of hydrogen-bond donors (Lipinski definition) is 1.